The van der Waals surface area contributed by atoms with E-state index < -0.39 is 0 Å². The monoisotopic (exact) mass is 321 g/mol. The number of fused-ring (bicyclic) bond motifs is 1. The second kappa shape index (κ2) is 6.25. The molecule has 23 heavy (non-hydrogen) atoms. The Morgan fingerprint density at radius 2 is 1.65 bits per heavy atom. The molecule has 116 valence electrons. The highest BCUT2D eigenvalue weighted by Crippen LogP contribution is 2.43. The van der Waals surface area contributed by atoms with Crippen molar-refractivity contribution in [1.29, 1.82) is 0 Å². The van der Waals surface area contributed by atoms with Gasteiger partial charge in [-0.15, -0.1) is 0 Å². The van der Waals surface area contributed by atoms with E-state index in [-0.39, 0.29) is 5.91 Å². The van der Waals surface area contributed by atoms with Gasteiger partial charge < -0.3 is 4.90 Å². The molecule has 0 spiro atoms. The van der Waals surface area contributed by atoms with Crippen molar-refractivity contribution in [2.75, 3.05) is 6.54 Å². The van der Waals surface area contributed by atoms with Gasteiger partial charge in [0.2, 0.25) is 0 Å². The molecule has 1 saturated heterocycles. The summed E-state index contributed by atoms with van der Waals surface area (Å²) in [6, 6.07) is 20.9. The van der Waals surface area contributed by atoms with Crippen molar-refractivity contribution in [2.45, 2.75) is 30.2 Å². The zero-order valence-corrected chi connectivity index (χ0v) is 13.8. The lowest BCUT2D eigenvalue weighted by Gasteiger charge is -2.33. The minimum Gasteiger partial charge on any atom is -0.335 e. The quantitative estimate of drug-likeness (QED) is 0.824. The van der Waals surface area contributed by atoms with Gasteiger partial charge in [-0.2, -0.15) is 0 Å². The van der Waals surface area contributed by atoms with E-state index in [4.69, 9.17) is 0 Å². The third-order valence-corrected chi connectivity index (χ3v) is 5.72. The Labute approximate surface area is 141 Å². The van der Waals surface area contributed by atoms with Crippen LogP contribution in [-0.2, 0) is 4.79 Å². The zero-order valence-electron chi connectivity index (χ0n) is 12.9. The van der Waals surface area contributed by atoms with Crippen molar-refractivity contribution in [1.82, 2.24) is 4.90 Å². The number of rotatable bonds is 3. The van der Waals surface area contributed by atoms with E-state index in [0.717, 1.165) is 36.9 Å². The van der Waals surface area contributed by atoms with Gasteiger partial charge in [-0.25, -0.2) is 0 Å². The summed E-state index contributed by atoms with van der Waals surface area (Å²) in [5, 5.41) is 0. The van der Waals surface area contributed by atoms with Gasteiger partial charge in [-0.1, -0.05) is 60.3 Å². The lowest BCUT2D eigenvalue weighted by molar-refractivity contribution is -0.126. The molecule has 1 unspecified atom stereocenters. The van der Waals surface area contributed by atoms with Gasteiger partial charge in [0.25, 0.3) is 5.91 Å². The molecule has 4 rings (SSSR count). The van der Waals surface area contributed by atoms with Crippen LogP contribution in [0, 0.1) is 0 Å². The molecule has 1 atom stereocenters. The fourth-order valence-electron chi connectivity index (χ4n) is 3.51. The van der Waals surface area contributed by atoms with Crippen LogP contribution in [0.1, 0.15) is 24.8 Å². The average Bonchev–Trinajstić information content (AvgIpc) is 3.06. The molecule has 1 fully saturated rings. The maximum Gasteiger partial charge on any atom is 0.255 e. The highest BCUT2D eigenvalue weighted by Gasteiger charge is 2.37. The zero-order chi connectivity index (χ0) is 15.6. The molecule has 1 amide bonds. The van der Waals surface area contributed by atoms with Crippen LogP contribution in [0.3, 0.4) is 0 Å². The summed E-state index contributed by atoms with van der Waals surface area (Å²) in [4.78, 5) is 17.6. The minimum absolute atomic E-state index is 0.211. The molecule has 0 saturated carbocycles. The average molecular weight is 321 g/mol. The molecular weight excluding hydrogens is 302 g/mol. The molecule has 0 radical (unpaired) electrons. The van der Waals surface area contributed by atoms with E-state index in [1.807, 2.05) is 24.3 Å². The third kappa shape index (κ3) is 2.81. The van der Waals surface area contributed by atoms with E-state index in [1.54, 1.807) is 11.8 Å². The normalized spacial score (nSPS) is 20.8. The molecule has 2 aliphatic rings. The first-order valence-corrected chi connectivity index (χ1v) is 8.97. The Morgan fingerprint density at radius 3 is 2.39 bits per heavy atom. The lowest BCUT2D eigenvalue weighted by atomic mass is 9.96. The molecule has 2 aliphatic heterocycles. The van der Waals surface area contributed by atoms with Crippen LogP contribution < -0.4 is 0 Å². The molecule has 2 aromatic carbocycles. The van der Waals surface area contributed by atoms with E-state index in [1.165, 1.54) is 9.80 Å². The molecule has 0 N–H and O–H groups in total. The number of hydrogen-bond acceptors (Lipinski definition) is 2. The van der Waals surface area contributed by atoms with Crippen molar-refractivity contribution in [3.05, 3.63) is 71.1 Å². The van der Waals surface area contributed by atoms with E-state index in [2.05, 4.69) is 41.3 Å². The number of carbonyl (C=O) groups is 1. The smallest absolute Gasteiger partial charge is 0.255 e. The summed E-state index contributed by atoms with van der Waals surface area (Å²) in [5.74, 6) is 0.211. The number of hydrogen-bond donors (Lipinski definition) is 0. The molecule has 3 heteroatoms. The number of amides is 1. The summed E-state index contributed by atoms with van der Waals surface area (Å²) >= 11 is 1.75. The summed E-state index contributed by atoms with van der Waals surface area (Å²) in [6.45, 7) is 0.906. The summed E-state index contributed by atoms with van der Waals surface area (Å²) < 4.78 is 0. The Kier molecular flexibility index (Phi) is 3.96. The third-order valence-electron chi connectivity index (χ3n) is 4.60. The topological polar surface area (TPSA) is 20.3 Å². The van der Waals surface area contributed by atoms with Crippen molar-refractivity contribution in [3.8, 4) is 0 Å². The van der Waals surface area contributed by atoms with E-state index >= 15 is 0 Å². The van der Waals surface area contributed by atoms with Crippen LogP contribution in [0.4, 0.5) is 0 Å². The van der Waals surface area contributed by atoms with Gasteiger partial charge in [0, 0.05) is 28.8 Å². The predicted octanol–water partition coefficient (Wildman–Crippen LogP) is 4.58. The second-order valence-electron chi connectivity index (χ2n) is 6.08. The fourth-order valence-corrected chi connectivity index (χ4v) is 4.67. The largest absolute Gasteiger partial charge is 0.335 e. The lowest BCUT2D eigenvalue weighted by Crippen LogP contribution is -2.39. The number of benzene rings is 2. The summed E-state index contributed by atoms with van der Waals surface area (Å²) in [5.41, 5.74) is 1.94. The van der Waals surface area contributed by atoms with E-state index in [9.17, 15) is 4.79 Å². The standard InChI is InChI=1S/C20H19NOS/c22-20-19(15-8-3-1-4-9-15)18(14-16-10-7-13-21(16)20)23-17-11-5-2-6-12-17/h1-6,8-9,11-12,16H,7,10,13-14H2. The highest BCUT2D eigenvalue weighted by atomic mass is 32.2. The first-order valence-electron chi connectivity index (χ1n) is 8.15. The molecule has 0 aromatic heterocycles. The SMILES string of the molecule is O=C1C(c2ccccc2)=C(Sc2ccccc2)CC2CCCN12. The number of carbonyl (C=O) groups excluding carboxylic acids is 1. The summed E-state index contributed by atoms with van der Waals surface area (Å²) in [6.07, 6.45) is 3.24. The minimum atomic E-state index is 0.211. The van der Waals surface area contributed by atoms with Gasteiger partial charge in [-0.3, -0.25) is 4.79 Å². The van der Waals surface area contributed by atoms with Gasteiger partial charge >= 0.3 is 0 Å². The van der Waals surface area contributed by atoms with Crippen molar-refractivity contribution in [3.63, 3.8) is 0 Å². The molecule has 2 nitrogen and oxygen atoms in total. The first-order chi connectivity index (χ1) is 11.3. The second-order valence-corrected chi connectivity index (χ2v) is 7.25. The molecule has 2 aromatic rings. The van der Waals surface area contributed by atoms with Crippen molar-refractivity contribution >= 4 is 23.2 Å². The van der Waals surface area contributed by atoms with Crippen LogP contribution in [0.15, 0.2) is 70.5 Å². The molecule has 0 bridgehead atoms. The van der Waals surface area contributed by atoms with Crippen LogP contribution in [-0.4, -0.2) is 23.4 Å². The maximum absolute atomic E-state index is 13.1. The maximum atomic E-state index is 13.1. The van der Waals surface area contributed by atoms with Crippen LogP contribution in [0.2, 0.25) is 0 Å². The van der Waals surface area contributed by atoms with E-state index in [0.29, 0.717) is 6.04 Å². The Morgan fingerprint density at radius 1 is 0.957 bits per heavy atom. The summed E-state index contributed by atoms with van der Waals surface area (Å²) in [7, 11) is 0. The van der Waals surface area contributed by atoms with Crippen LogP contribution >= 0.6 is 11.8 Å². The van der Waals surface area contributed by atoms with Gasteiger partial charge in [-0.05, 0) is 30.5 Å². The van der Waals surface area contributed by atoms with Gasteiger partial charge in [0.1, 0.15) is 0 Å². The Hall–Kier alpha value is -2.00. The molecule has 2 heterocycles. The molecule has 0 aliphatic carbocycles. The number of nitrogens with zero attached hydrogens (tertiary/aromatic N) is 1. The van der Waals surface area contributed by atoms with Crippen LogP contribution in [0.25, 0.3) is 5.57 Å². The van der Waals surface area contributed by atoms with Crippen molar-refractivity contribution in [2.24, 2.45) is 0 Å². The van der Waals surface area contributed by atoms with Crippen LogP contribution in [0.5, 0.6) is 0 Å². The van der Waals surface area contributed by atoms with Gasteiger partial charge in [0.05, 0.1) is 5.57 Å². The van der Waals surface area contributed by atoms with Crippen molar-refractivity contribution < 1.29 is 4.79 Å². The Bertz CT molecular complexity index is 739. The highest BCUT2D eigenvalue weighted by molar-refractivity contribution is 8.03. The predicted molar refractivity (Wildman–Crippen MR) is 95.0 cm³/mol. The Balaban J connectivity index is 1.78. The van der Waals surface area contributed by atoms with Gasteiger partial charge in [0.15, 0.2) is 0 Å². The molecular formula is C20H19NOS. The first kappa shape index (κ1) is 14.6. The fraction of sp³-hybridized carbons (Fsp3) is 0.250. The number of thioether (sulfide) groups is 1.